The molecule has 0 radical (unpaired) electrons. The molecule has 0 aliphatic carbocycles. The van der Waals surface area contributed by atoms with E-state index in [2.05, 4.69) is 47.6 Å². The Kier molecular flexibility index (Phi) is 6.75. The van der Waals surface area contributed by atoms with Crippen LogP contribution < -0.4 is 5.32 Å². The van der Waals surface area contributed by atoms with Gasteiger partial charge in [-0.1, -0.05) is 68.1 Å². The molecule has 0 atom stereocenters. The molecule has 7 heteroatoms. The third-order valence-corrected chi connectivity index (χ3v) is 6.14. The summed E-state index contributed by atoms with van der Waals surface area (Å²) in [5, 5.41) is 12.5. The van der Waals surface area contributed by atoms with Crippen molar-refractivity contribution in [3.05, 3.63) is 83.8 Å². The maximum absolute atomic E-state index is 12.6. The van der Waals surface area contributed by atoms with Gasteiger partial charge >= 0.3 is 0 Å². The molecule has 4 aromatic rings. The molecule has 6 nitrogen and oxygen atoms in total. The number of amides is 1. The van der Waals surface area contributed by atoms with E-state index < -0.39 is 0 Å². The second-order valence-corrected chi connectivity index (χ2v) is 8.83. The van der Waals surface area contributed by atoms with Crippen molar-refractivity contribution in [2.45, 2.75) is 38.4 Å². The number of aryl methyl sites for hydroxylation is 1. The van der Waals surface area contributed by atoms with Gasteiger partial charge in [-0.15, -0.1) is 10.2 Å². The van der Waals surface area contributed by atoms with Crippen LogP contribution in [-0.2, 0) is 11.3 Å². The second-order valence-electron chi connectivity index (χ2n) is 7.89. The molecule has 2 heterocycles. The Bertz CT molecular complexity index is 1200. The van der Waals surface area contributed by atoms with E-state index in [4.69, 9.17) is 4.42 Å². The van der Waals surface area contributed by atoms with Crippen LogP contribution in [0.5, 0.6) is 0 Å². The molecule has 2 aromatic carbocycles. The average Bonchev–Trinajstić information content (AvgIpc) is 3.38. The summed E-state index contributed by atoms with van der Waals surface area (Å²) in [4.78, 5) is 12.6. The Hall–Kier alpha value is -3.32. The summed E-state index contributed by atoms with van der Waals surface area (Å²) in [6.45, 7) is 6.78. The highest BCUT2D eigenvalue weighted by Gasteiger charge is 2.19. The number of thioether (sulfide) groups is 1. The van der Waals surface area contributed by atoms with E-state index >= 15 is 0 Å². The van der Waals surface area contributed by atoms with Crippen LogP contribution in [0.1, 0.15) is 36.7 Å². The fourth-order valence-corrected chi connectivity index (χ4v) is 4.16. The number of carbonyl (C=O) groups is 1. The van der Waals surface area contributed by atoms with Crippen LogP contribution in [0, 0.1) is 6.92 Å². The van der Waals surface area contributed by atoms with Crippen molar-refractivity contribution >= 4 is 23.4 Å². The summed E-state index contributed by atoms with van der Waals surface area (Å²) in [5.41, 5.74) is 4.03. The minimum atomic E-state index is -0.0776. The fourth-order valence-electron chi connectivity index (χ4n) is 3.42. The first-order valence-corrected chi connectivity index (χ1v) is 11.5. The third kappa shape index (κ3) is 5.11. The molecule has 164 valence electrons. The Morgan fingerprint density at radius 2 is 1.91 bits per heavy atom. The molecular formula is C25H26N4O2S. The van der Waals surface area contributed by atoms with Gasteiger partial charge in [0.05, 0.1) is 24.1 Å². The summed E-state index contributed by atoms with van der Waals surface area (Å²) < 4.78 is 7.50. The van der Waals surface area contributed by atoms with Gasteiger partial charge in [0.1, 0.15) is 5.76 Å². The molecule has 4 rings (SSSR count). The Labute approximate surface area is 192 Å². The van der Waals surface area contributed by atoms with Crippen LogP contribution in [0.15, 0.2) is 76.5 Å². The van der Waals surface area contributed by atoms with Crippen molar-refractivity contribution in [2.24, 2.45) is 0 Å². The molecule has 32 heavy (non-hydrogen) atoms. The molecule has 2 aromatic heterocycles. The van der Waals surface area contributed by atoms with E-state index in [1.54, 1.807) is 6.26 Å². The normalized spacial score (nSPS) is 11.1. The maximum Gasteiger partial charge on any atom is 0.234 e. The zero-order valence-corrected chi connectivity index (χ0v) is 19.2. The van der Waals surface area contributed by atoms with Crippen LogP contribution in [0.4, 0.5) is 5.69 Å². The summed E-state index contributed by atoms with van der Waals surface area (Å²) in [7, 11) is 0. The number of rotatable bonds is 8. The summed E-state index contributed by atoms with van der Waals surface area (Å²) in [6, 6.07) is 20.0. The van der Waals surface area contributed by atoms with Crippen molar-refractivity contribution in [2.75, 3.05) is 11.1 Å². The minimum Gasteiger partial charge on any atom is -0.469 e. The maximum atomic E-state index is 12.6. The Morgan fingerprint density at radius 1 is 1.09 bits per heavy atom. The van der Waals surface area contributed by atoms with Gasteiger partial charge in [0.15, 0.2) is 11.0 Å². The standard InChI is InChI=1S/C25H26N4O2S/c1-17(2)20-10-7-11-21(14-20)26-23(30)16-32-25-28-27-24(22-12-13-31-18(22)3)29(25)15-19-8-5-4-6-9-19/h4-14,17H,15-16H2,1-3H3,(H,26,30). The Balaban J connectivity index is 1.52. The van der Waals surface area contributed by atoms with Crippen molar-refractivity contribution in [3.8, 4) is 11.4 Å². The van der Waals surface area contributed by atoms with Gasteiger partial charge in [-0.05, 0) is 42.2 Å². The number of nitrogens with one attached hydrogen (secondary N) is 1. The second kappa shape index (κ2) is 9.87. The van der Waals surface area contributed by atoms with Crippen LogP contribution >= 0.6 is 11.8 Å². The van der Waals surface area contributed by atoms with Crippen molar-refractivity contribution in [1.29, 1.82) is 0 Å². The zero-order chi connectivity index (χ0) is 22.5. The lowest BCUT2D eigenvalue weighted by Crippen LogP contribution is -2.15. The quantitative estimate of drug-likeness (QED) is 0.349. The zero-order valence-electron chi connectivity index (χ0n) is 18.4. The van der Waals surface area contributed by atoms with Crippen molar-refractivity contribution in [1.82, 2.24) is 14.8 Å². The number of furan rings is 1. The van der Waals surface area contributed by atoms with Gasteiger partial charge in [-0.3, -0.25) is 9.36 Å². The molecule has 0 unspecified atom stereocenters. The molecule has 0 saturated heterocycles. The predicted octanol–water partition coefficient (Wildman–Crippen LogP) is 5.75. The monoisotopic (exact) mass is 446 g/mol. The highest BCUT2D eigenvalue weighted by Crippen LogP contribution is 2.28. The van der Waals surface area contributed by atoms with Crippen LogP contribution in [0.25, 0.3) is 11.4 Å². The SMILES string of the molecule is Cc1occc1-c1nnc(SCC(=O)Nc2cccc(C(C)C)c2)n1Cc1ccccc1. The fraction of sp³-hybridized carbons (Fsp3) is 0.240. The highest BCUT2D eigenvalue weighted by molar-refractivity contribution is 7.99. The van der Waals surface area contributed by atoms with E-state index in [0.717, 1.165) is 28.4 Å². The van der Waals surface area contributed by atoms with Crippen LogP contribution in [0.2, 0.25) is 0 Å². The van der Waals surface area contributed by atoms with E-state index in [0.29, 0.717) is 17.6 Å². The molecule has 1 amide bonds. The lowest BCUT2D eigenvalue weighted by molar-refractivity contribution is -0.113. The number of hydrogen-bond acceptors (Lipinski definition) is 5. The minimum absolute atomic E-state index is 0.0776. The molecule has 0 aliphatic heterocycles. The first-order valence-electron chi connectivity index (χ1n) is 10.6. The first-order chi connectivity index (χ1) is 15.5. The van der Waals surface area contributed by atoms with Crippen molar-refractivity contribution < 1.29 is 9.21 Å². The summed E-state index contributed by atoms with van der Waals surface area (Å²) in [5.74, 6) is 2.08. The largest absolute Gasteiger partial charge is 0.469 e. The van der Waals surface area contributed by atoms with Gasteiger partial charge in [0, 0.05) is 5.69 Å². The number of nitrogens with zero attached hydrogens (tertiary/aromatic N) is 3. The number of benzene rings is 2. The van der Waals surface area contributed by atoms with Gasteiger partial charge in [0.25, 0.3) is 0 Å². The molecule has 0 spiro atoms. The van der Waals surface area contributed by atoms with E-state index in [1.165, 1.54) is 17.3 Å². The summed E-state index contributed by atoms with van der Waals surface area (Å²) in [6.07, 6.45) is 1.65. The van der Waals surface area contributed by atoms with E-state index in [9.17, 15) is 4.79 Å². The Morgan fingerprint density at radius 3 is 2.62 bits per heavy atom. The highest BCUT2D eigenvalue weighted by atomic mass is 32.2. The molecule has 0 bridgehead atoms. The smallest absolute Gasteiger partial charge is 0.234 e. The first kappa shape index (κ1) is 21.9. The number of hydrogen-bond donors (Lipinski definition) is 1. The van der Waals surface area contributed by atoms with Crippen molar-refractivity contribution in [3.63, 3.8) is 0 Å². The lowest BCUT2D eigenvalue weighted by atomic mass is 10.0. The average molecular weight is 447 g/mol. The van der Waals surface area contributed by atoms with Gasteiger partial charge < -0.3 is 9.73 Å². The molecule has 0 aliphatic rings. The van der Waals surface area contributed by atoms with E-state index in [1.807, 2.05) is 54.0 Å². The van der Waals surface area contributed by atoms with Gasteiger partial charge in [-0.25, -0.2) is 0 Å². The third-order valence-electron chi connectivity index (χ3n) is 5.17. The van der Waals surface area contributed by atoms with Crippen LogP contribution in [0.3, 0.4) is 0 Å². The predicted molar refractivity (Wildman–Crippen MR) is 128 cm³/mol. The molecule has 1 N–H and O–H groups in total. The lowest BCUT2D eigenvalue weighted by Gasteiger charge is -2.11. The summed E-state index contributed by atoms with van der Waals surface area (Å²) >= 11 is 1.37. The molecular weight excluding hydrogens is 420 g/mol. The molecule has 0 fully saturated rings. The topological polar surface area (TPSA) is 72.9 Å². The van der Waals surface area contributed by atoms with Gasteiger partial charge in [0.2, 0.25) is 5.91 Å². The number of carbonyl (C=O) groups excluding carboxylic acids is 1. The number of anilines is 1. The van der Waals surface area contributed by atoms with Gasteiger partial charge in [-0.2, -0.15) is 0 Å². The van der Waals surface area contributed by atoms with Crippen LogP contribution in [-0.4, -0.2) is 26.4 Å². The number of aromatic nitrogens is 3. The van der Waals surface area contributed by atoms with E-state index in [-0.39, 0.29) is 11.7 Å². The molecule has 0 saturated carbocycles.